The van der Waals surface area contributed by atoms with Crippen molar-refractivity contribution in [2.24, 2.45) is 4.02 Å². The van der Waals surface area contributed by atoms with E-state index >= 15 is 0 Å². The standard InChI is InChI=1S/C27H31BrN4O2/c1-26(2,3)21-12-19(13-22(24(21)34)27(4,5)6)23(33)17-32-20(14-29)16-31(25(32)30-28)15-18-10-8-7-9-11-18/h7-13,16,34H,15,17H2,1-6H3. The van der Waals surface area contributed by atoms with Gasteiger partial charge < -0.3 is 9.67 Å². The lowest BCUT2D eigenvalue weighted by Crippen LogP contribution is -2.29. The van der Waals surface area contributed by atoms with Crippen LogP contribution in [0.5, 0.6) is 5.75 Å². The molecule has 0 unspecified atom stereocenters. The number of carbonyl (C=O) groups excluding carboxylic acids is 1. The number of phenols is 1. The molecule has 0 atom stereocenters. The third-order valence-electron chi connectivity index (χ3n) is 5.80. The van der Waals surface area contributed by atoms with Crippen LogP contribution in [-0.2, 0) is 23.9 Å². The van der Waals surface area contributed by atoms with Crippen LogP contribution in [0.2, 0.25) is 0 Å². The maximum atomic E-state index is 13.5. The molecule has 1 aromatic heterocycles. The summed E-state index contributed by atoms with van der Waals surface area (Å²) in [6, 6.07) is 15.6. The fourth-order valence-corrected chi connectivity index (χ4v) is 4.34. The Morgan fingerprint density at radius 1 is 1.06 bits per heavy atom. The van der Waals surface area contributed by atoms with Crippen LogP contribution < -0.4 is 5.62 Å². The fraction of sp³-hybridized carbons (Fsp3) is 0.370. The molecule has 2 aromatic carbocycles. The summed E-state index contributed by atoms with van der Waals surface area (Å²) in [5.74, 6) is 0.0689. The smallest absolute Gasteiger partial charge is 0.218 e. The summed E-state index contributed by atoms with van der Waals surface area (Å²) in [7, 11) is 0. The van der Waals surface area contributed by atoms with Crippen LogP contribution in [-0.4, -0.2) is 20.0 Å². The van der Waals surface area contributed by atoms with Gasteiger partial charge in [-0.15, -0.1) is 0 Å². The van der Waals surface area contributed by atoms with Crippen LogP contribution in [0.25, 0.3) is 0 Å². The number of benzene rings is 2. The molecule has 0 fully saturated rings. The van der Waals surface area contributed by atoms with E-state index in [1.54, 1.807) is 22.9 Å². The average molecular weight is 523 g/mol. The predicted octanol–water partition coefficient (Wildman–Crippen LogP) is 5.60. The number of nitriles is 1. The highest BCUT2D eigenvalue weighted by Gasteiger charge is 2.28. The van der Waals surface area contributed by atoms with Crippen LogP contribution in [0.4, 0.5) is 0 Å². The van der Waals surface area contributed by atoms with Crippen molar-refractivity contribution in [3.05, 3.63) is 82.2 Å². The molecule has 0 bridgehead atoms. The molecule has 3 rings (SSSR count). The van der Waals surface area contributed by atoms with Gasteiger partial charge in [-0.2, -0.15) is 9.28 Å². The fourth-order valence-electron chi connectivity index (χ4n) is 3.95. The molecule has 1 N–H and O–H groups in total. The summed E-state index contributed by atoms with van der Waals surface area (Å²) in [6.07, 6.45) is 1.71. The lowest BCUT2D eigenvalue weighted by Gasteiger charge is -2.28. The summed E-state index contributed by atoms with van der Waals surface area (Å²) in [4.78, 5) is 13.5. The van der Waals surface area contributed by atoms with E-state index in [2.05, 4.69) is 26.2 Å². The number of nitrogens with zero attached hydrogens (tertiary/aromatic N) is 4. The number of rotatable bonds is 5. The third kappa shape index (κ3) is 5.34. The minimum absolute atomic E-state index is 0.0486. The lowest BCUT2D eigenvalue weighted by atomic mass is 9.78. The molecule has 0 amide bonds. The van der Waals surface area contributed by atoms with Gasteiger partial charge in [0.25, 0.3) is 0 Å². The van der Waals surface area contributed by atoms with Gasteiger partial charge in [-0.05, 0) is 28.5 Å². The van der Waals surface area contributed by atoms with Crippen LogP contribution in [0.15, 0.2) is 52.7 Å². The molecule has 0 aliphatic heterocycles. The topological polar surface area (TPSA) is 83.3 Å². The van der Waals surface area contributed by atoms with E-state index in [1.807, 2.05) is 76.4 Å². The van der Waals surface area contributed by atoms with Gasteiger partial charge in [0, 0.05) is 22.9 Å². The Labute approximate surface area is 209 Å². The Balaban J connectivity index is 2.07. The molecule has 0 aliphatic rings. The second kappa shape index (κ2) is 9.63. The van der Waals surface area contributed by atoms with Crippen LogP contribution in [0.3, 0.4) is 0 Å². The van der Waals surface area contributed by atoms with Crippen molar-refractivity contribution in [1.29, 1.82) is 5.26 Å². The van der Waals surface area contributed by atoms with E-state index < -0.39 is 0 Å². The van der Waals surface area contributed by atoms with Crippen molar-refractivity contribution >= 4 is 21.9 Å². The van der Waals surface area contributed by atoms with Crippen molar-refractivity contribution in [1.82, 2.24) is 9.13 Å². The van der Waals surface area contributed by atoms with Gasteiger partial charge in [0.2, 0.25) is 5.62 Å². The Hall–Kier alpha value is -3.11. The first-order chi connectivity index (χ1) is 15.9. The molecule has 3 aromatic rings. The highest BCUT2D eigenvalue weighted by Crippen LogP contribution is 2.39. The second-order valence-corrected chi connectivity index (χ2v) is 10.9. The number of imidazole rings is 1. The molecular weight excluding hydrogens is 492 g/mol. The normalized spacial score (nSPS) is 12.6. The minimum Gasteiger partial charge on any atom is -0.507 e. The zero-order valence-corrected chi connectivity index (χ0v) is 22.1. The molecule has 0 saturated heterocycles. The number of aromatic hydroxyl groups is 1. The van der Waals surface area contributed by atoms with Gasteiger partial charge in [0.15, 0.2) is 5.78 Å². The maximum Gasteiger partial charge on any atom is 0.218 e. The van der Waals surface area contributed by atoms with E-state index in [4.69, 9.17) is 0 Å². The molecule has 0 saturated carbocycles. The third-order valence-corrected chi connectivity index (χ3v) is 6.12. The number of ketones is 1. The molecule has 34 heavy (non-hydrogen) atoms. The van der Waals surface area contributed by atoms with Crippen molar-refractivity contribution in [3.63, 3.8) is 0 Å². The lowest BCUT2D eigenvalue weighted by molar-refractivity contribution is 0.0970. The summed E-state index contributed by atoms with van der Waals surface area (Å²) >= 11 is 3.18. The number of halogens is 1. The molecule has 0 radical (unpaired) electrons. The first kappa shape index (κ1) is 25.5. The highest BCUT2D eigenvalue weighted by atomic mass is 79.9. The number of phenolic OH excluding ortho intramolecular Hbond substituents is 1. The quantitative estimate of drug-likeness (QED) is 0.442. The highest BCUT2D eigenvalue weighted by molar-refractivity contribution is 9.08. The van der Waals surface area contributed by atoms with Gasteiger partial charge >= 0.3 is 0 Å². The first-order valence-electron chi connectivity index (χ1n) is 11.2. The second-order valence-electron chi connectivity index (χ2n) is 10.6. The van der Waals surface area contributed by atoms with Crippen molar-refractivity contribution in [2.45, 2.75) is 65.5 Å². The monoisotopic (exact) mass is 522 g/mol. The molecule has 6 nitrogen and oxygen atoms in total. The van der Waals surface area contributed by atoms with Gasteiger partial charge in [-0.25, -0.2) is 0 Å². The molecule has 1 heterocycles. The SMILES string of the molecule is CC(C)(C)c1cc(C(=O)Cn2c(C#N)cn(Cc3ccccc3)c2=NBr)cc(C(C)(C)C)c1O. The first-order valence-corrected chi connectivity index (χ1v) is 11.9. The van der Waals surface area contributed by atoms with Crippen LogP contribution in [0.1, 0.15) is 74.3 Å². The largest absolute Gasteiger partial charge is 0.507 e. The van der Waals surface area contributed by atoms with E-state index in [0.717, 1.165) is 16.7 Å². The van der Waals surface area contributed by atoms with Gasteiger partial charge in [-0.3, -0.25) is 9.36 Å². The summed E-state index contributed by atoms with van der Waals surface area (Å²) in [6.45, 7) is 12.5. The van der Waals surface area contributed by atoms with Gasteiger partial charge in [0.1, 0.15) is 17.5 Å². The molecule has 7 heteroatoms. The Morgan fingerprint density at radius 3 is 2.09 bits per heavy atom. The van der Waals surface area contributed by atoms with E-state index in [9.17, 15) is 15.2 Å². The number of aromatic nitrogens is 2. The predicted molar refractivity (Wildman–Crippen MR) is 137 cm³/mol. The molecule has 0 aliphatic carbocycles. The van der Waals surface area contributed by atoms with E-state index in [1.165, 1.54) is 0 Å². The van der Waals surface area contributed by atoms with Crippen LogP contribution in [0, 0.1) is 11.3 Å². The van der Waals surface area contributed by atoms with Gasteiger partial charge in [-0.1, -0.05) is 71.9 Å². The number of hydrogen-bond acceptors (Lipinski definition) is 4. The van der Waals surface area contributed by atoms with E-state index in [0.29, 0.717) is 23.4 Å². The number of carbonyl (C=O) groups is 1. The number of hydrogen-bond donors (Lipinski definition) is 1. The van der Waals surface area contributed by atoms with Crippen molar-refractivity contribution in [3.8, 4) is 11.8 Å². The summed E-state index contributed by atoms with van der Waals surface area (Å²) in [5.41, 5.74) is 3.12. The maximum absolute atomic E-state index is 13.5. The zero-order chi connectivity index (χ0) is 25.3. The summed E-state index contributed by atoms with van der Waals surface area (Å²) in [5, 5.41) is 20.7. The zero-order valence-electron chi connectivity index (χ0n) is 20.6. The Morgan fingerprint density at radius 2 is 1.62 bits per heavy atom. The molecular formula is C27H31BrN4O2. The Kier molecular flexibility index (Phi) is 7.23. The number of Topliss-reactive ketones (excluding diaryl/α,β-unsaturated/α-hetero) is 1. The van der Waals surface area contributed by atoms with E-state index in [-0.39, 0.29) is 28.9 Å². The van der Waals surface area contributed by atoms with Crippen molar-refractivity contribution < 1.29 is 9.90 Å². The van der Waals surface area contributed by atoms with Crippen molar-refractivity contribution in [2.75, 3.05) is 0 Å². The minimum atomic E-state index is -0.347. The Bertz CT molecular complexity index is 1280. The van der Waals surface area contributed by atoms with Crippen LogP contribution >= 0.6 is 16.1 Å². The molecule has 0 spiro atoms. The summed E-state index contributed by atoms with van der Waals surface area (Å²) < 4.78 is 7.66. The van der Waals surface area contributed by atoms with Gasteiger partial charge in [0.05, 0.1) is 29.2 Å². The molecule has 178 valence electrons. The average Bonchev–Trinajstić information content (AvgIpc) is 3.08.